The Morgan fingerprint density at radius 3 is 2.43 bits per heavy atom. The largest absolute Gasteiger partial charge is 0.330 e. The second-order valence-corrected chi connectivity index (χ2v) is 2.16. The molecule has 0 atom stereocenters. The summed E-state index contributed by atoms with van der Waals surface area (Å²) in [5.41, 5.74) is 5.28. The summed E-state index contributed by atoms with van der Waals surface area (Å²) >= 11 is 0. The molecule has 0 aromatic rings. The average Bonchev–Trinajstić information content (AvgIpc) is 1.55. The van der Waals surface area contributed by atoms with Crippen LogP contribution < -0.4 is 5.73 Å². The van der Waals surface area contributed by atoms with E-state index < -0.39 is 0 Å². The molecule has 1 aliphatic carbocycles. The smallest absolute Gasteiger partial charge is 0.00430 e. The average molecular weight is 98.2 g/mol. The van der Waals surface area contributed by atoms with Crippen LogP contribution in [-0.2, 0) is 0 Å². The molecule has 0 unspecified atom stereocenters. The van der Waals surface area contributed by atoms with Gasteiger partial charge in [-0.3, -0.25) is 0 Å². The molecule has 0 aromatic heterocycles. The zero-order valence-electron chi connectivity index (χ0n) is 4.56. The van der Waals surface area contributed by atoms with Gasteiger partial charge in [-0.25, -0.2) is 0 Å². The third-order valence-corrected chi connectivity index (χ3v) is 1.62. The van der Waals surface area contributed by atoms with Gasteiger partial charge in [0.15, 0.2) is 0 Å². The van der Waals surface area contributed by atoms with Crippen molar-refractivity contribution in [2.45, 2.75) is 19.3 Å². The maximum Gasteiger partial charge on any atom is -0.00430 e. The molecule has 1 nitrogen and oxygen atoms in total. The Morgan fingerprint density at radius 1 is 1.57 bits per heavy atom. The van der Waals surface area contributed by atoms with Crippen molar-refractivity contribution in [2.24, 2.45) is 11.7 Å². The molecule has 1 radical (unpaired) electrons. The molecule has 1 fully saturated rings. The summed E-state index contributed by atoms with van der Waals surface area (Å²) in [5, 5.41) is 0. The van der Waals surface area contributed by atoms with Crippen molar-refractivity contribution in [3.8, 4) is 0 Å². The first-order valence-electron chi connectivity index (χ1n) is 2.97. The summed E-state index contributed by atoms with van der Waals surface area (Å²) in [6.07, 6.45) is 6.40. The normalized spacial score (nSPS) is 21.9. The molecule has 41 valence electrons. The van der Waals surface area contributed by atoms with Crippen LogP contribution in [0.5, 0.6) is 0 Å². The maximum atomic E-state index is 5.28. The summed E-state index contributed by atoms with van der Waals surface area (Å²) < 4.78 is 0. The fourth-order valence-corrected chi connectivity index (χ4v) is 0.868. The van der Waals surface area contributed by atoms with Gasteiger partial charge in [0.25, 0.3) is 0 Å². The van der Waals surface area contributed by atoms with Gasteiger partial charge in [-0.1, -0.05) is 19.3 Å². The lowest BCUT2D eigenvalue weighted by Crippen LogP contribution is -2.16. The summed E-state index contributed by atoms with van der Waals surface area (Å²) in [6.45, 7) is 0.769. The lowest BCUT2D eigenvalue weighted by atomic mass is 9.83. The van der Waals surface area contributed by atoms with E-state index in [0.717, 1.165) is 12.5 Å². The molecule has 0 spiro atoms. The van der Waals surface area contributed by atoms with Gasteiger partial charge in [0.05, 0.1) is 0 Å². The van der Waals surface area contributed by atoms with E-state index in [-0.39, 0.29) is 0 Å². The molecule has 0 aliphatic heterocycles. The summed E-state index contributed by atoms with van der Waals surface area (Å²) in [6, 6.07) is 0. The molecule has 0 aromatic carbocycles. The van der Waals surface area contributed by atoms with Gasteiger partial charge in [-0.05, 0) is 18.9 Å². The highest BCUT2D eigenvalue weighted by Gasteiger charge is 2.15. The first kappa shape index (κ1) is 5.10. The SMILES string of the molecule is NC[CH]C1CCC1. The molecule has 0 amide bonds. The Morgan fingerprint density at radius 2 is 2.29 bits per heavy atom. The minimum Gasteiger partial charge on any atom is -0.330 e. The number of rotatable bonds is 2. The predicted molar refractivity (Wildman–Crippen MR) is 30.7 cm³/mol. The highest BCUT2D eigenvalue weighted by molar-refractivity contribution is 4.83. The minimum absolute atomic E-state index is 0.769. The fourth-order valence-electron chi connectivity index (χ4n) is 0.868. The van der Waals surface area contributed by atoms with E-state index in [1.54, 1.807) is 0 Å². The van der Waals surface area contributed by atoms with Crippen molar-refractivity contribution in [3.05, 3.63) is 6.42 Å². The molecular formula is C6H12N. The van der Waals surface area contributed by atoms with E-state index in [9.17, 15) is 0 Å². The molecule has 1 aliphatic rings. The van der Waals surface area contributed by atoms with Gasteiger partial charge in [0.1, 0.15) is 0 Å². The number of hydrogen-bond acceptors (Lipinski definition) is 1. The van der Waals surface area contributed by atoms with Gasteiger partial charge in [-0.2, -0.15) is 0 Å². The van der Waals surface area contributed by atoms with E-state index in [1.807, 2.05) is 0 Å². The van der Waals surface area contributed by atoms with Crippen LogP contribution in [0.3, 0.4) is 0 Å². The topological polar surface area (TPSA) is 26.0 Å². The second-order valence-electron chi connectivity index (χ2n) is 2.16. The lowest BCUT2D eigenvalue weighted by Gasteiger charge is -2.23. The van der Waals surface area contributed by atoms with Crippen LogP contribution >= 0.6 is 0 Å². The minimum atomic E-state index is 0.769. The first-order valence-corrected chi connectivity index (χ1v) is 2.97. The number of hydrogen-bond donors (Lipinski definition) is 1. The van der Waals surface area contributed by atoms with Crippen LogP contribution in [0.15, 0.2) is 0 Å². The zero-order valence-corrected chi connectivity index (χ0v) is 4.56. The molecule has 0 heterocycles. The summed E-state index contributed by atoms with van der Waals surface area (Å²) in [5.74, 6) is 0.880. The predicted octanol–water partition coefficient (Wildman–Crippen LogP) is 0.949. The Balaban J connectivity index is 1.93. The van der Waals surface area contributed by atoms with Gasteiger partial charge in [0, 0.05) is 0 Å². The van der Waals surface area contributed by atoms with E-state index >= 15 is 0 Å². The lowest BCUT2D eigenvalue weighted by molar-refractivity contribution is 0.359. The molecule has 0 bridgehead atoms. The Kier molecular flexibility index (Phi) is 1.69. The molecule has 1 heteroatoms. The molecule has 1 rings (SSSR count). The van der Waals surface area contributed by atoms with Crippen molar-refractivity contribution in [2.75, 3.05) is 6.54 Å². The Bertz CT molecular complexity index is 48.1. The number of nitrogens with two attached hydrogens (primary N) is 1. The van der Waals surface area contributed by atoms with Gasteiger partial charge >= 0.3 is 0 Å². The summed E-state index contributed by atoms with van der Waals surface area (Å²) in [4.78, 5) is 0. The van der Waals surface area contributed by atoms with Crippen molar-refractivity contribution in [1.29, 1.82) is 0 Å². The third kappa shape index (κ3) is 1.16. The van der Waals surface area contributed by atoms with Crippen LogP contribution in [0.25, 0.3) is 0 Å². The quantitative estimate of drug-likeness (QED) is 0.546. The fraction of sp³-hybridized carbons (Fsp3) is 0.833. The Labute approximate surface area is 44.9 Å². The Hall–Kier alpha value is -0.0400. The highest BCUT2D eigenvalue weighted by atomic mass is 14.5. The van der Waals surface area contributed by atoms with Crippen molar-refractivity contribution in [1.82, 2.24) is 0 Å². The first-order chi connectivity index (χ1) is 3.43. The molecule has 0 saturated heterocycles. The van der Waals surface area contributed by atoms with Crippen LogP contribution in [0.2, 0.25) is 0 Å². The van der Waals surface area contributed by atoms with Gasteiger partial charge < -0.3 is 5.73 Å². The second kappa shape index (κ2) is 2.31. The molecule has 7 heavy (non-hydrogen) atoms. The van der Waals surface area contributed by atoms with Crippen molar-refractivity contribution >= 4 is 0 Å². The summed E-state index contributed by atoms with van der Waals surface area (Å²) in [7, 11) is 0. The van der Waals surface area contributed by atoms with E-state index in [2.05, 4.69) is 6.42 Å². The molecule has 1 saturated carbocycles. The van der Waals surface area contributed by atoms with Crippen LogP contribution in [0.4, 0.5) is 0 Å². The van der Waals surface area contributed by atoms with Crippen LogP contribution in [0.1, 0.15) is 19.3 Å². The van der Waals surface area contributed by atoms with Gasteiger partial charge in [0.2, 0.25) is 0 Å². The van der Waals surface area contributed by atoms with Crippen molar-refractivity contribution < 1.29 is 0 Å². The zero-order chi connectivity index (χ0) is 5.11. The maximum absolute atomic E-state index is 5.28. The molecular weight excluding hydrogens is 86.1 g/mol. The van der Waals surface area contributed by atoms with Crippen molar-refractivity contribution in [3.63, 3.8) is 0 Å². The van der Waals surface area contributed by atoms with Gasteiger partial charge in [-0.15, -0.1) is 0 Å². The monoisotopic (exact) mass is 98.1 g/mol. The van der Waals surface area contributed by atoms with E-state index in [4.69, 9.17) is 5.73 Å². The van der Waals surface area contributed by atoms with Crippen LogP contribution in [-0.4, -0.2) is 6.54 Å². The van der Waals surface area contributed by atoms with E-state index in [0.29, 0.717) is 0 Å². The highest BCUT2D eigenvalue weighted by Crippen LogP contribution is 2.27. The van der Waals surface area contributed by atoms with Crippen LogP contribution in [0, 0.1) is 12.3 Å². The third-order valence-electron chi connectivity index (χ3n) is 1.62. The standard InChI is InChI=1S/C6H12N/c7-5-4-6-2-1-3-6/h4,6H,1-3,5,7H2. The molecule has 2 N–H and O–H groups in total. The van der Waals surface area contributed by atoms with E-state index in [1.165, 1.54) is 19.3 Å².